The quantitative estimate of drug-likeness (QED) is 0.439. The van der Waals surface area contributed by atoms with E-state index in [4.69, 9.17) is 4.74 Å². The van der Waals surface area contributed by atoms with Crippen LogP contribution in [0.5, 0.6) is 0 Å². The number of fused-ring (bicyclic) bond motifs is 1. The van der Waals surface area contributed by atoms with E-state index in [0.29, 0.717) is 23.3 Å². The number of nitrogens with zero attached hydrogens (tertiary/aromatic N) is 4. The Hall–Kier alpha value is -2.33. The van der Waals surface area contributed by atoms with Crippen LogP contribution in [0.1, 0.15) is 43.6 Å². The molecule has 0 N–H and O–H groups in total. The molecule has 0 amide bonds. The van der Waals surface area contributed by atoms with Crippen LogP contribution in [0.2, 0.25) is 0 Å². The molecule has 2 aliphatic heterocycles. The normalized spacial score (nSPS) is 20.7. The van der Waals surface area contributed by atoms with E-state index in [9.17, 15) is 8.42 Å². The molecule has 9 heteroatoms. The topological polar surface area (TPSA) is 67.7 Å². The van der Waals surface area contributed by atoms with Gasteiger partial charge in [-0.1, -0.05) is 0 Å². The highest BCUT2D eigenvalue weighted by Gasteiger charge is 2.28. The Morgan fingerprint density at radius 2 is 1.76 bits per heavy atom. The van der Waals surface area contributed by atoms with Gasteiger partial charge < -0.3 is 19.1 Å². The fourth-order valence-corrected chi connectivity index (χ4v) is 6.79. The zero-order valence-corrected chi connectivity index (χ0v) is 23.5. The lowest BCUT2D eigenvalue weighted by molar-refractivity contribution is 0.130. The first-order chi connectivity index (χ1) is 18.2. The molecule has 3 heterocycles. The molecule has 2 fully saturated rings. The molecule has 38 heavy (non-hydrogen) atoms. The van der Waals surface area contributed by atoms with Crippen LogP contribution >= 0.6 is 0 Å². The number of methoxy groups -OCH3 is 1. The van der Waals surface area contributed by atoms with E-state index >= 15 is 4.39 Å². The predicted octanol–water partition coefficient (Wildman–Crippen LogP) is 4.46. The maximum Gasteiger partial charge on any atom is 0.175 e. The van der Waals surface area contributed by atoms with Gasteiger partial charge in [0.2, 0.25) is 0 Å². The molecule has 5 rings (SSSR count). The van der Waals surface area contributed by atoms with E-state index in [-0.39, 0.29) is 10.7 Å². The van der Waals surface area contributed by atoms with Crippen molar-refractivity contribution in [1.82, 2.24) is 19.4 Å². The van der Waals surface area contributed by atoms with E-state index in [1.807, 2.05) is 11.6 Å². The maximum absolute atomic E-state index is 15.3. The Kier molecular flexibility index (Phi) is 8.19. The number of hydrogen-bond donors (Lipinski definition) is 0. The number of benzene rings is 2. The molecule has 0 spiro atoms. The molecule has 2 aliphatic rings. The zero-order valence-electron chi connectivity index (χ0n) is 22.7. The number of ether oxygens (including phenoxy) is 1. The van der Waals surface area contributed by atoms with Gasteiger partial charge in [0.05, 0.1) is 17.0 Å². The lowest BCUT2D eigenvalue weighted by atomic mass is 9.88. The van der Waals surface area contributed by atoms with Gasteiger partial charge in [-0.2, -0.15) is 0 Å². The maximum atomic E-state index is 15.3. The third-order valence-electron chi connectivity index (χ3n) is 8.42. The number of aromatic nitrogens is 2. The van der Waals surface area contributed by atoms with Gasteiger partial charge in [0.1, 0.15) is 11.3 Å². The van der Waals surface area contributed by atoms with Crippen molar-refractivity contribution in [2.45, 2.75) is 49.0 Å². The predicted molar refractivity (Wildman–Crippen MR) is 149 cm³/mol. The summed E-state index contributed by atoms with van der Waals surface area (Å²) < 4.78 is 46.1. The van der Waals surface area contributed by atoms with E-state index in [2.05, 4.69) is 20.9 Å². The number of piperidine rings is 1. The molecule has 1 aromatic heterocycles. The van der Waals surface area contributed by atoms with Gasteiger partial charge in [-0.3, -0.25) is 0 Å². The average Bonchev–Trinajstić information content (AvgIpc) is 3.08. The lowest BCUT2D eigenvalue weighted by Crippen LogP contribution is -2.41. The van der Waals surface area contributed by atoms with Gasteiger partial charge in [-0.05, 0) is 106 Å². The van der Waals surface area contributed by atoms with Crippen molar-refractivity contribution >= 4 is 20.9 Å². The Morgan fingerprint density at radius 3 is 2.45 bits per heavy atom. The van der Waals surface area contributed by atoms with Crippen LogP contribution in [0.15, 0.2) is 41.3 Å². The molecule has 7 nitrogen and oxygen atoms in total. The van der Waals surface area contributed by atoms with Crippen molar-refractivity contribution in [3.05, 3.63) is 47.8 Å². The van der Waals surface area contributed by atoms with Crippen LogP contribution in [-0.4, -0.2) is 86.5 Å². The summed E-state index contributed by atoms with van der Waals surface area (Å²) in [4.78, 5) is 10.0. The minimum atomic E-state index is -3.28. The molecule has 206 valence electrons. The van der Waals surface area contributed by atoms with Crippen molar-refractivity contribution in [2.24, 2.45) is 7.05 Å². The SMILES string of the molecule is COCCN1CCCC(N2CCC(c3cc(F)c4nc(-c5ccc(S(C)(=O)=O)cc5)n(C)c4c3)CC2)CC1. The van der Waals surface area contributed by atoms with E-state index < -0.39 is 9.84 Å². The molecular formula is C29H39FN4O3S. The minimum Gasteiger partial charge on any atom is -0.383 e. The summed E-state index contributed by atoms with van der Waals surface area (Å²) in [6, 6.07) is 11.0. The largest absolute Gasteiger partial charge is 0.383 e. The summed E-state index contributed by atoms with van der Waals surface area (Å²) in [5.74, 6) is 0.662. The Labute approximate surface area is 225 Å². The summed E-state index contributed by atoms with van der Waals surface area (Å²) in [5, 5.41) is 0. The van der Waals surface area contributed by atoms with Crippen molar-refractivity contribution in [3.8, 4) is 11.4 Å². The van der Waals surface area contributed by atoms with Crippen molar-refractivity contribution in [2.75, 3.05) is 52.7 Å². The fraction of sp³-hybridized carbons (Fsp3) is 0.552. The first-order valence-electron chi connectivity index (χ1n) is 13.7. The highest BCUT2D eigenvalue weighted by molar-refractivity contribution is 7.90. The Balaban J connectivity index is 1.28. The summed E-state index contributed by atoms with van der Waals surface area (Å²) in [6.45, 7) is 6.21. The molecule has 0 saturated carbocycles. The van der Waals surface area contributed by atoms with Crippen molar-refractivity contribution < 1.29 is 17.5 Å². The summed E-state index contributed by atoms with van der Waals surface area (Å²) in [7, 11) is 0.381. The number of halogens is 1. The van der Waals surface area contributed by atoms with Gasteiger partial charge in [-0.25, -0.2) is 17.8 Å². The third kappa shape index (κ3) is 5.81. The van der Waals surface area contributed by atoms with E-state index in [1.165, 1.54) is 25.5 Å². The highest BCUT2D eigenvalue weighted by atomic mass is 32.2. The number of likely N-dealkylation sites (tertiary alicyclic amines) is 2. The number of hydrogen-bond acceptors (Lipinski definition) is 6. The lowest BCUT2D eigenvalue weighted by Gasteiger charge is -2.37. The van der Waals surface area contributed by atoms with Crippen LogP contribution in [0, 0.1) is 5.82 Å². The van der Waals surface area contributed by atoms with Gasteiger partial charge >= 0.3 is 0 Å². The van der Waals surface area contributed by atoms with Crippen LogP contribution in [0.25, 0.3) is 22.4 Å². The molecular weight excluding hydrogens is 503 g/mol. The van der Waals surface area contributed by atoms with Gasteiger partial charge in [0.15, 0.2) is 15.7 Å². The molecule has 0 aliphatic carbocycles. The molecule has 0 radical (unpaired) electrons. The number of imidazole rings is 1. The minimum absolute atomic E-state index is 0.257. The third-order valence-corrected chi connectivity index (χ3v) is 9.55. The van der Waals surface area contributed by atoms with E-state index in [0.717, 1.165) is 68.8 Å². The molecule has 0 bridgehead atoms. The second-order valence-corrected chi connectivity index (χ2v) is 12.9. The zero-order chi connectivity index (χ0) is 26.9. The van der Waals surface area contributed by atoms with Crippen molar-refractivity contribution in [3.63, 3.8) is 0 Å². The highest BCUT2D eigenvalue weighted by Crippen LogP contribution is 2.34. The first-order valence-corrected chi connectivity index (χ1v) is 15.6. The average molecular weight is 543 g/mol. The second kappa shape index (κ2) is 11.4. The smallest absolute Gasteiger partial charge is 0.175 e. The van der Waals surface area contributed by atoms with Gasteiger partial charge in [0.25, 0.3) is 0 Å². The van der Waals surface area contributed by atoms with Crippen LogP contribution in [-0.2, 0) is 21.6 Å². The van der Waals surface area contributed by atoms with Crippen LogP contribution < -0.4 is 0 Å². The molecule has 2 saturated heterocycles. The molecule has 2 aromatic carbocycles. The number of aryl methyl sites for hydroxylation is 1. The monoisotopic (exact) mass is 542 g/mol. The Bertz CT molecular complexity index is 1360. The molecule has 3 aromatic rings. The van der Waals surface area contributed by atoms with Gasteiger partial charge in [0, 0.05) is 38.6 Å². The number of sulfone groups is 1. The van der Waals surface area contributed by atoms with Crippen molar-refractivity contribution in [1.29, 1.82) is 0 Å². The Morgan fingerprint density at radius 1 is 1.03 bits per heavy atom. The van der Waals surface area contributed by atoms with E-state index in [1.54, 1.807) is 37.4 Å². The first kappa shape index (κ1) is 27.2. The van der Waals surface area contributed by atoms with Gasteiger partial charge in [-0.15, -0.1) is 0 Å². The second-order valence-electron chi connectivity index (χ2n) is 10.9. The van der Waals surface area contributed by atoms with Crippen LogP contribution in [0.4, 0.5) is 4.39 Å². The molecule has 1 unspecified atom stereocenters. The van der Waals surface area contributed by atoms with Crippen LogP contribution in [0.3, 0.4) is 0 Å². The summed E-state index contributed by atoms with van der Waals surface area (Å²) in [5.41, 5.74) is 2.93. The number of rotatable bonds is 7. The molecule has 1 atom stereocenters. The fourth-order valence-electron chi connectivity index (χ4n) is 6.16. The standard InChI is InChI=1S/C29H39FN4O3S/c1-32-27-20-23(19-26(30)28(27)31-29(32)22-6-8-25(9-7-22)38(3,35)36)21-10-15-34(16-11-21)24-5-4-13-33(14-12-24)17-18-37-2/h6-9,19-21,24H,4-5,10-18H2,1-3H3. The summed E-state index contributed by atoms with van der Waals surface area (Å²) in [6.07, 6.45) is 6.94. The summed E-state index contributed by atoms with van der Waals surface area (Å²) >= 11 is 0.